The Morgan fingerprint density at radius 2 is 1.93 bits per heavy atom. The van der Waals surface area contributed by atoms with E-state index in [1.54, 1.807) is 37.3 Å². The molecule has 0 radical (unpaired) electrons. The van der Waals surface area contributed by atoms with Gasteiger partial charge in [-0.15, -0.1) is 0 Å². The van der Waals surface area contributed by atoms with Gasteiger partial charge >= 0.3 is 5.91 Å². The summed E-state index contributed by atoms with van der Waals surface area (Å²) in [6.45, 7) is 1.18. The second-order valence-corrected chi connectivity index (χ2v) is 7.38. The summed E-state index contributed by atoms with van der Waals surface area (Å²) in [7, 11) is 3.26. The van der Waals surface area contributed by atoms with Crippen LogP contribution in [0.4, 0.5) is 5.69 Å². The first-order chi connectivity index (χ1) is 13.5. The van der Waals surface area contributed by atoms with Crippen molar-refractivity contribution >= 4 is 29.0 Å². The molecule has 2 aliphatic heterocycles. The van der Waals surface area contributed by atoms with Gasteiger partial charge in [-0.1, -0.05) is 17.7 Å². The third kappa shape index (κ3) is 3.12. The molecule has 4 rings (SSSR count). The number of amides is 1. The van der Waals surface area contributed by atoms with Gasteiger partial charge in [0.1, 0.15) is 11.5 Å². The first-order valence-electron chi connectivity index (χ1n) is 9.15. The molecule has 0 saturated carbocycles. The van der Waals surface area contributed by atoms with Gasteiger partial charge in [0, 0.05) is 29.2 Å². The number of ketones is 1. The van der Waals surface area contributed by atoms with Crippen molar-refractivity contribution in [2.75, 3.05) is 32.3 Å². The lowest BCUT2D eigenvalue weighted by atomic mass is 10.0. The van der Waals surface area contributed by atoms with Gasteiger partial charge in [0.2, 0.25) is 0 Å². The number of ether oxygens (including phenoxy) is 2. The highest BCUT2D eigenvalue weighted by molar-refractivity contribution is 6.52. The Bertz CT molecular complexity index is 946. The van der Waals surface area contributed by atoms with E-state index in [9.17, 15) is 9.59 Å². The molecule has 0 spiro atoms. The SMILES string of the molecule is COc1ccc([C@H]2CCCN2CN2C(=O)C(=O)c3cc(Cl)ccc32)c(OC)c1. The molecule has 1 atom stereocenters. The van der Waals surface area contributed by atoms with Crippen LogP contribution in [0.1, 0.15) is 34.8 Å². The number of benzene rings is 2. The molecule has 6 nitrogen and oxygen atoms in total. The zero-order valence-corrected chi connectivity index (χ0v) is 16.5. The Labute approximate surface area is 168 Å². The van der Waals surface area contributed by atoms with Crippen LogP contribution >= 0.6 is 11.6 Å². The largest absolute Gasteiger partial charge is 0.497 e. The molecule has 2 aromatic carbocycles. The minimum Gasteiger partial charge on any atom is -0.497 e. The normalized spacial score (nSPS) is 19.2. The topological polar surface area (TPSA) is 59.1 Å². The van der Waals surface area contributed by atoms with Crippen LogP contribution in [0.25, 0.3) is 0 Å². The van der Waals surface area contributed by atoms with E-state index in [0.29, 0.717) is 22.9 Å². The first-order valence-corrected chi connectivity index (χ1v) is 9.53. The number of methoxy groups -OCH3 is 2. The summed E-state index contributed by atoms with van der Waals surface area (Å²) < 4.78 is 10.9. The highest BCUT2D eigenvalue weighted by atomic mass is 35.5. The highest BCUT2D eigenvalue weighted by Gasteiger charge is 2.39. The number of nitrogens with zero attached hydrogens (tertiary/aromatic N) is 2. The molecule has 2 aliphatic rings. The molecular weight excluding hydrogens is 380 g/mol. The van der Waals surface area contributed by atoms with E-state index in [1.165, 1.54) is 0 Å². The zero-order valence-electron chi connectivity index (χ0n) is 15.8. The van der Waals surface area contributed by atoms with Crippen molar-refractivity contribution in [3.8, 4) is 11.5 Å². The second kappa shape index (κ2) is 7.45. The number of rotatable bonds is 5. The molecule has 2 heterocycles. The maximum Gasteiger partial charge on any atom is 0.300 e. The van der Waals surface area contributed by atoms with E-state index in [4.69, 9.17) is 21.1 Å². The van der Waals surface area contributed by atoms with Gasteiger partial charge in [-0.3, -0.25) is 19.4 Å². The molecule has 0 unspecified atom stereocenters. The standard InChI is InChI=1S/C21H21ClN2O4/c1-27-14-6-7-15(19(11-14)28-2)17-4-3-9-23(17)12-24-18-8-5-13(22)10-16(18)20(25)21(24)26/h5-8,10-11,17H,3-4,9,12H2,1-2H3/t17-/m1/s1. The van der Waals surface area contributed by atoms with Gasteiger partial charge in [-0.25, -0.2) is 0 Å². The van der Waals surface area contributed by atoms with E-state index in [0.717, 1.165) is 36.4 Å². The maximum absolute atomic E-state index is 12.6. The second-order valence-electron chi connectivity index (χ2n) is 6.94. The van der Waals surface area contributed by atoms with E-state index in [2.05, 4.69) is 4.90 Å². The first kappa shape index (κ1) is 18.8. The molecule has 1 amide bonds. The lowest BCUT2D eigenvalue weighted by molar-refractivity contribution is -0.114. The fraction of sp³-hybridized carbons (Fsp3) is 0.333. The molecule has 0 aliphatic carbocycles. The van der Waals surface area contributed by atoms with Crippen molar-refractivity contribution in [2.45, 2.75) is 18.9 Å². The number of hydrogen-bond acceptors (Lipinski definition) is 5. The predicted molar refractivity (Wildman–Crippen MR) is 106 cm³/mol. The van der Waals surface area contributed by atoms with Gasteiger partial charge in [-0.2, -0.15) is 0 Å². The summed E-state index contributed by atoms with van der Waals surface area (Å²) in [4.78, 5) is 28.7. The Morgan fingerprint density at radius 1 is 1.11 bits per heavy atom. The van der Waals surface area contributed by atoms with Crippen LogP contribution in [0.15, 0.2) is 36.4 Å². The van der Waals surface area contributed by atoms with Crippen molar-refractivity contribution in [1.82, 2.24) is 4.90 Å². The van der Waals surface area contributed by atoms with Gasteiger partial charge in [0.25, 0.3) is 5.78 Å². The fourth-order valence-electron chi connectivity index (χ4n) is 4.04. The summed E-state index contributed by atoms with van der Waals surface area (Å²) >= 11 is 6.00. The molecule has 0 aromatic heterocycles. The van der Waals surface area contributed by atoms with Gasteiger partial charge in [0.15, 0.2) is 0 Å². The van der Waals surface area contributed by atoms with Crippen LogP contribution < -0.4 is 14.4 Å². The Balaban J connectivity index is 1.62. The van der Waals surface area contributed by atoms with E-state index < -0.39 is 11.7 Å². The maximum atomic E-state index is 12.6. The Morgan fingerprint density at radius 3 is 2.68 bits per heavy atom. The fourth-order valence-corrected chi connectivity index (χ4v) is 4.21. The number of halogens is 1. The number of likely N-dealkylation sites (tertiary alicyclic amines) is 1. The summed E-state index contributed by atoms with van der Waals surface area (Å²) in [6, 6.07) is 10.9. The molecule has 2 aromatic rings. The molecule has 0 bridgehead atoms. The van der Waals surface area contributed by atoms with Crippen LogP contribution in [-0.2, 0) is 4.79 Å². The molecular formula is C21H21ClN2O4. The Kier molecular flexibility index (Phi) is 5.00. The lowest BCUT2D eigenvalue weighted by Crippen LogP contribution is -2.40. The predicted octanol–water partition coefficient (Wildman–Crippen LogP) is 3.68. The quantitative estimate of drug-likeness (QED) is 0.716. The number of carbonyl (C=O) groups excluding carboxylic acids is 2. The number of fused-ring (bicyclic) bond motifs is 1. The molecule has 146 valence electrons. The number of carbonyl (C=O) groups is 2. The summed E-state index contributed by atoms with van der Waals surface area (Å²) in [6.07, 6.45) is 1.95. The number of anilines is 1. The van der Waals surface area contributed by atoms with Gasteiger partial charge in [0.05, 0.1) is 32.1 Å². The van der Waals surface area contributed by atoms with Crippen LogP contribution in [0.3, 0.4) is 0 Å². The summed E-state index contributed by atoms with van der Waals surface area (Å²) in [5.74, 6) is 0.475. The van der Waals surface area contributed by atoms with E-state index in [1.807, 2.05) is 18.2 Å². The van der Waals surface area contributed by atoms with Gasteiger partial charge in [-0.05, 0) is 37.1 Å². The highest BCUT2D eigenvalue weighted by Crippen LogP contribution is 2.40. The summed E-state index contributed by atoms with van der Waals surface area (Å²) in [5.41, 5.74) is 2.04. The molecule has 7 heteroatoms. The van der Waals surface area contributed by atoms with Crippen molar-refractivity contribution in [3.63, 3.8) is 0 Å². The van der Waals surface area contributed by atoms with E-state index in [-0.39, 0.29) is 6.04 Å². The van der Waals surface area contributed by atoms with Crippen molar-refractivity contribution in [2.24, 2.45) is 0 Å². The van der Waals surface area contributed by atoms with Crippen LogP contribution in [0.5, 0.6) is 11.5 Å². The van der Waals surface area contributed by atoms with Crippen LogP contribution in [-0.4, -0.2) is 44.0 Å². The molecule has 1 fully saturated rings. The van der Waals surface area contributed by atoms with Crippen LogP contribution in [0, 0.1) is 0 Å². The van der Waals surface area contributed by atoms with Crippen molar-refractivity contribution in [3.05, 3.63) is 52.5 Å². The molecule has 1 saturated heterocycles. The minimum atomic E-state index is -0.510. The number of hydrogen-bond donors (Lipinski definition) is 0. The van der Waals surface area contributed by atoms with Crippen molar-refractivity contribution < 1.29 is 19.1 Å². The van der Waals surface area contributed by atoms with E-state index >= 15 is 0 Å². The Hall–Kier alpha value is -2.57. The average molecular weight is 401 g/mol. The lowest BCUT2D eigenvalue weighted by Gasteiger charge is -2.30. The average Bonchev–Trinajstić information content (AvgIpc) is 3.26. The van der Waals surface area contributed by atoms with Crippen molar-refractivity contribution in [1.29, 1.82) is 0 Å². The molecule has 28 heavy (non-hydrogen) atoms. The minimum absolute atomic E-state index is 0.0973. The number of Topliss-reactive ketones (excluding diaryl/α,β-unsaturated/α-hetero) is 1. The van der Waals surface area contributed by atoms with Gasteiger partial charge < -0.3 is 9.47 Å². The zero-order chi connectivity index (χ0) is 19.8. The summed E-state index contributed by atoms with van der Waals surface area (Å²) in [5, 5.41) is 0.448. The monoisotopic (exact) mass is 400 g/mol. The smallest absolute Gasteiger partial charge is 0.300 e. The molecule has 0 N–H and O–H groups in total. The third-order valence-corrected chi connectivity index (χ3v) is 5.65. The van der Waals surface area contributed by atoms with Crippen LogP contribution in [0.2, 0.25) is 5.02 Å². The third-order valence-electron chi connectivity index (χ3n) is 5.42.